The number of carbonyl (C=O) groups excluding carboxylic acids is 1. The number of aryl methyl sites for hydroxylation is 1. The molecule has 1 aromatic rings. The highest BCUT2D eigenvalue weighted by molar-refractivity contribution is 7.99. The van der Waals surface area contributed by atoms with E-state index in [9.17, 15) is 9.59 Å². The summed E-state index contributed by atoms with van der Waals surface area (Å²) in [6, 6.07) is 1.52. The van der Waals surface area contributed by atoms with Crippen LogP contribution in [-0.2, 0) is 16.0 Å². The lowest BCUT2D eigenvalue weighted by Gasteiger charge is -2.19. The predicted molar refractivity (Wildman–Crippen MR) is 80.0 cm³/mol. The summed E-state index contributed by atoms with van der Waals surface area (Å²) in [6.45, 7) is 7.56. The molecule has 0 aromatic carbocycles. The number of H-pyrrole nitrogens is 1. The molecule has 0 aliphatic heterocycles. The minimum Gasteiger partial charge on any atom is -0.460 e. The van der Waals surface area contributed by atoms with Gasteiger partial charge >= 0.3 is 5.97 Å². The molecule has 5 nitrogen and oxygen atoms in total. The van der Waals surface area contributed by atoms with Crippen LogP contribution in [0.4, 0.5) is 0 Å². The molecule has 112 valence electrons. The largest absolute Gasteiger partial charge is 0.460 e. The number of rotatable bonds is 6. The third-order valence-corrected chi connectivity index (χ3v) is 3.12. The normalized spacial score (nSPS) is 11.4. The smallest absolute Gasteiger partial charge is 0.307 e. The zero-order valence-corrected chi connectivity index (χ0v) is 13.3. The van der Waals surface area contributed by atoms with Gasteiger partial charge in [0, 0.05) is 17.5 Å². The average Bonchev–Trinajstić information content (AvgIpc) is 2.26. The van der Waals surface area contributed by atoms with Crippen molar-refractivity contribution in [3.8, 4) is 0 Å². The maximum absolute atomic E-state index is 11.6. The van der Waals surface area contributed by atoms with Crippen molar-refractivity contribution in [2.45, 2.75) is 57.7 Å². The molecule has 0 radical (unpaired) electrons. The van der Waals surface area contributed by atoms with Gasteiger partial charge in [-0.15, -0.1) is 0 Å². The first-order valence-corrected chi connectivity index (χ1v) is 7.73. The second-order valence-corrected chi connectivity index (χ2v) is 6.56. The van der Waals surface area contributed by atoms with Crippen LogP contribution in [0.1, 0.15) is 46.2 Å². The Bertz CT molecular complexity index is 506. The fraction of sp³-hybridized carbons (Fsp3) is 0.643. The van der Waals surface area contributed by atoms with Crippen LogP contribution in [-0.4, -0.2) is 27.3 Å². The topological polar surface area (TPSA) is 72.0 Å². The van der Waals surface area contributed by atoms with E-state index in [-0.39, 0.29) is 11.5 Å². The summed E-state index contributed by atoms with van der Waals surface area (Å²) >= 11 is 1.36. The molecule has 1 aromatic heterocycles. The van der Waals surface area contributed by atoms with Crippen molar-refractivity contribution in [2.24, 2.45) is 0 Å². The van der Waals surface area contributed by atoms with Gasteiger partial charge in [-0.05, 0) is 27.2 Å². The summed E-state index contributed by atoms with van der Waals surface area (Å²) in [5.41, 5.74) is 0.175. The zero-order valence-electron chi connectivity index (χ0n) is 12.5. The Labute approximate surface area is 123 Å². The van der Waals surface area contributed by atoms with Crippen LogP contribution in [0.3, 0.4) is 0 Å². The standard InChI is InChI=1S/C14H22N2O3S/c1-5-6-10-9-11(17)16-13(15-10)20-8-7-12(18)19-14(2,3)4/h9H,5-8H2,1-4H3,(H,15,16,17). The molecule has 0 aliphatic carbocycles. The van der Waals surface area contributed by atoms with Crippen molar-refractivity contribution in [2.75, 3.05) is 5.75 Å². The van der Waals surface area contributed by atoms with Gasteiger partial charge in [0.15, 0.2) is 5.16 Å². The number of hydrogen-bond acceptors (Lipinski definition) is 5. The zero-order chi connectivity index (χ0) is 15.2. The number of thioether (sulfide) groups is 1. The Morgan fingerprint density at radius 2 is 2.15 bits per heavy atom. The van der Waals surface area contributed by atoms with Gasteiger partial charge < -0.3 is 9.72 Å². The average molecular weight is 298 g/mol. The van der Waals surface area contributed by atoms with Crippen molar-refractivity contribution in [3.05, 3.63) is 22.1 Å². The molecule has 0 spiro atoms. The first kappa shape index (κ1) is 16.8. The maximum atomic E-state index is 11.6. The Morgan fingerprint density at radius 3 is 2.75 bits per heavy atom. The Balaban J connectivity index is 2.50. The lowest BCUT2D eigenvalue weighted by molar-refractivity contribution is -0.154. The SMILES string of the molecule is CCCc1cc(=O)[nH]c(SCCC(=O)OC(C)(C)C)n1. The highest BCUT2D eigenvalue weighted by Crippen LogP contribution is 2.15. The second-order valence-electron chi connectivity index (χ2n) is 5.48. The molecule has 0 bridgehead atoms. The van der Waals surface area contributed by atoms with Crippen molar-refractivity contribution in [3.63, 3.8) is 0 Å². The lowest BCUT2D eigenvalue weighted by atomic mass is 10.2. The van der Waals surface area contributed by atoms with E-state index in [0.29, 0.717) is 17.3 Å². The number of aromatic amines is 1. The molecule has 20 heavy (non-hydrogen) atoms. The van der Waals surface area contributed by atoms with E-state index in [0.717, 1.165) is 18.5 Å². The second kappa shape index (κ2) is 7.47. The Morgan fingerprint density at radius 1 is 1.45 bits per heavy atom. The van der Waals surface area contributed by atoms with Crippen LogP contribution < -0.4 is 5.56 Å². The highest BCUT2D eigenvalue weighted by atomic mass is 32.2. The molecular weight excluding hydrogens is 276 g/mol. The maximum Gasteiger partial charge on any atom is 0.307 e. The molecule has 0 saturated heterocycles. The summed E-state index contributed by atoms with van der Waals surface area (Å²) < 4.78 is 5.22. The van der Waals surface area contributed by atoms with Gasteiger partial charge in [-0.25, -0.2) is 4.98 Å². The molecule has 1 heterocycles. The minimum atomic E-state index is -0.463. The summed E-state index contributed by atoms with van der Waals surface area (Å²) in [6.07, 6.45) is 2.02. The molecule has 0 atom stereocenters. The lowest BCUT2D eigenvalue weighted by Crippen LogP contribution is -2.24. The summed E-state index contributed by atoms with van der Waals surface area (Å²) in [5.74, 6) is 0.296. The molecule has 0 aliphatic rings. The quantitative estimate of drug-likeness (QED) is 0.496. The number of carbonyl (C=O) groups is 1. The number of hydrogen-bond donors (Lipinski definition) is 1. The third kappa shape index (κ3) is 6.75. The van der Waals surface area contributed by atoms with Gasteiger partial charge in [-0.3, -0.25) is 9.59 Å². The number of nitrogens with one attached hydrogen (secondary N) is 1. The summed E-state index contributed by atoms with van der Waals surface area (Å²) in [5, 5.41) is 0.560. The molecule has 0 saturated carbocycles. The van der Waals surface area contributed by atoms with Crippen molar-refractivity contribution in [1.29, 1.82) is 0 Å². The number of nitrogens with zero attached hydrogens (tertiary/aromatic N) is 1. The van der Waals surface area contributed by atoms with Crippen molar-refractivity contribution >= 4 is 17.7 Å². The van der Waals surface area contributed by atoms with Gasteiger partial charge in [0.25, 0.3) is 5.56 Å². The molecule has 6 heteroatoms. The monoisotopic (exact) mass is 298 g/mol. The predicted octanol–water partition coefficient (Wildman–Crippen LogP) is 2.55. The van der Waals surface area contributed by atoms with E-state index < -0.39 is 5.60 Å². The molecule has 1 rings (SSSR count). The third-order valence-electron chi connectivity index (χ3n) is 2.24. The van der Waals surface area contributed by atoms with Crippen molar-refractivity contribution < 1.29 is 9.53 Å². The minimum absolute atomic E-state index is 0.150. The Kier molecular flexibility index (Phi) is 6.26. The first-order chi connectivity index (χ1) is 9.30. The van der Waals surface area contributed by atoms with Crippen LogP contribution >= 0.6 is 11.8 Å². The fourth-order valence-corrected chi connectivity index (χ4v) is 2.38. The molecule has 0 unspecified atom stereocenters. The van der Waals surface area contributed by atoms with Gasteiger partial charge in [0.05, 0.1) is 6.42 Å². The fourth-order valence-electron chi connectivity index (χ4n) is 1.56. The summed E-state index contributed by atoms with van der Waals surface area (Å²) in [4.78, 5) is 30.0. The van der Waals surface area contributed by atoms with Crippen LogP contribution in [0.5, 0.6) is 0 Å². The number of aromatic nitrogens is 2. The molecule has 0 amide bonds. The van der Waals surface area contributed by atoms with Gasteiger partial charge in [-0.1, -0.05) is 25.1 Å². The van der Waals surface area contributed by atoms with E-state index in [1.165, 1.54) is 17.8 Å². The molecular formula is C14H22N2O3S. The van der Waals surface area contributed by atoms with Gasteiger partial charge in [-0.2, -0.15) is 0 Å². The van der Waals surface area contributed by atoms with E-state index in [1.54, 1.807) is 0 Å². The first-order valence-electron chi connectivity index (χ1n) is 6.75. The van der Waals surface area contributed by atoms with E-state index in [2.05, 4.69) is 9.97 Å². The van der Waals surface area contributed by atoms with Crippen LogP contribution in [0.25, 0.3) is 0 Å². The Hall–Kier alpha value is -1.30. The van der Waals surface area contributed by atoms with Crippen LogP contribution in [0.2, 0.25) is 0 Å². The number of ether oxygens (including phenoxy) is 1. The number of esters is 1. The summed E-state index contributed by atoms with van der Waals surface area (Å²) in [7, 11) is 0. The molecule has 1 N–H and O–H groups in total. The van der Waals surface area contributed by atoms with Crippen LogP contribution in [0, 0.1) is 0 Å². The highest BCUT2D eigenvalue weighted by Gasteiger charge is 2.16. The van der Waals surface area contributed by atoms with E-state index >= 15 is 0 Å². The molecule has 0 fully saturated rings. The van der Waals surface area contributed by atoms with Crippen molar-refractivity contribution in [1.82, 2.24) is 9.97 Å². The van der Waals surface area contributed by atoms with E-state index in [4.69, 9.17) is 4.74 Å². The van der Waals surface area contributed by atoms with E-state index in [1.807, 2.05) is 27.7 Å². The van der Waals surface area contributed by atoms with Gasteiger partial charge in [0.2, 0.25) is 0 Å². The van der Waals surface area contributed by atoms with Gasteiger partial charge in [0.1, 0.15) is 5.60 Å². The van der Waals surface area contributed by atoms with Crippen LogP contribution in [0.15, 0.2) is 16.0 Å².